The fraction of sp³-hybridized carbons (Fsp3) is 0.316. The van der Waals surface area contributed by atoms with Crippen LogP contribution in [-0.2, 0) is 11.8 Å². The van der Waals surface area contributed by atoms with E-state index in [-0.39, 0.29) is 23.3 Å². The van der Waals surface area contributed by atoms with Gasteiger partial charge in [-0.05, 0) is 29.7 Å². The van der Waals surface area contributed by atoms with Crippen molar-refractivity contribution in [3.05, 3.63) is 47.8 Å². The smallest absolute Gasteiger partial charge is 0.387 e. The van der Waals surface area contributed by atoms with E-state index < -0.39 is 12.5 Å². The van der Waals surface area contributed by atoms with Gasteiger partial charge in [0.2, 0.25) is 5.91 Å². The molecular formula is C19H22F2N4O3. The van der Waals surface area contributed by atoms with Crippen LogP contribution in [0.5, 0.6) is 5.75 Å². The van der Waals surface area contributed by atoms with Gasteiger partial charge in [0.1, 0.15) is 11.4 Å². The monoisotopic (exact) mass is 392 g/mol. The van der Waals surface area contributed by atoms with Gasteiger partial charge in [0.25, 0.3) is 5.91 Å². The maximum atomic E-state index is 12.3. The van der Waals surface area contributed by atoms with Crippen molar-refractivity contribution < 1.29 is 23.1 Å². The zero-order chi connectivity index (χ0) is 20.7. The van der Waals surface area contributed by atoms with Gasteiger partial charge in [-0.2, -0.15) is 13.9 Å². The van der Waals surface area contributed by atoms with E-state index in [2.05, 4.69) is 20.5 Å². The molecule has 0 bridgehead atoms. The third-order valence-corrected chi connectivity index (χ3v) is 3.62. The van der Waals surface area contributed by atoms with Gasteiger partial charge < -0.3 is 15.4 Å². The number of aromatic nitrogens is 2. The molecule has 0 aliphatic rings. The molecule has 7 nitrogen and oxygen atoms in total. The van der Waals surface area contributed by atoms with Gasteiger partial charge in [-0.25, -0.2) is 0 Å². The Kier molecular flexibility index (Phi) is 7.25. The van der Waals surface area contributed by atoms with Gasteiger partial charge >= 0.3 is 6.61 Å². The van der Waals surface area contributed by atoms with Gasteiger partial charge in [-0.15, -0.1) is 0 Å². The minimum atomic E-state index is -2.89. The van der Waals surface area contributed by atoms with Crippen LogP contribution in [0, 0.1) is 5.92 Å². The van der Waals surface area contributed by atoms with Crippen molar-refractivity contribution in [2.45, 2.75) is 20.5 Å². The third kappa shape index (κ3) is 6.19. The molecule has 0 saturated carbocycles. The Morgan fingerprint density at radius 2 is 1.93 bits per heavy atom. The summed E-state index contributed by atoms with van der Waals surface area (Å²) in [7, 11) is 1.61. The molecule has 2 rings (SSSR count). The van der Waals surface area contributed by atoms with E-state index in [0.29, 0.717) is 17.8 Å². The molecule has 2 amide bonds. The average molecular weight is 392 g/mol. The topological polar surface area (TPSA) is 85.2 Å². The Labute approximate surface area is 161 Å². The molecule has 1 aromatic carbocycles. The van der Waals surface area contributed by atoms with Crippen molar-refractivity contribution in [2.24, 2.45) is 13.0 Å². The molecule has 1 heterocycles. The van der Waals surface area contributed by atoms with Crippen LogP contribution < -0.4 is 15.4 Å². The number of anilines is 1. The quantitative estimate of drug-likeness (QED) is 0.676. The molecule has 0 fully saturated rings. The summed E-state index contributed by atoms with van der Waals surface area (Å²) in [5.74, 6) is -0.471. The molecule has 0 radical (unpaired) electrons. The second-order valence-electron chi connectivity index (χ2n) is 6.40. The molecular weight excluding hydrogens is 370 g/mol. The van der Waals surface area contributed by atoms with Crippen molar-refractivity contribution in [3.8, 4) is 5.75 Å². The van der Waals surface area contributed by atoms with Crippen LogP contribution in [-0.4, -0.2) is 34.8 Å². The van der Waals surface area contributed by atoms with Crippen LogP contribution in [0.3, 0.4) is 0 Å². The predicted molar refractivity (Wildman–Crippen MR) is 101 cm³/mol. The maximum absolute atomic E-state index is 12.3. The number of nitrogens with zero attached hydrogens (tertiary/aromatic N) is 2. The first-order valence-electron chi connectivity index (χ1n) is 8.60. The summed E-state index contributed by atoms with van der Waals surface area (Å²) in [6.07, 6.45) is 4.18. The summed E-state index contributed by atoms with van der Waals surface area (Å²) in [5, 5.41) is 9.41. The molecule has 0 aliphatic carbocycles. The number of carbonyl (C=O) groups is 2. The van der Waals surface area contributed by atoms with E-state index in [1.165, 1.54) is 47.3 Å². The molecule has 0 spiro atoms. The van der Waals surface area contributed by atoms with Crippen LogP contribution >= 0.6 is 0 Å². The second kappa shape index (κ2) is 9.63. The number of nitrogens with one attached hydrogen (secondary N) is 2. The Hall–Kier alpha value is -3.23. The Bertz CT molecular complexity index is 845. The molecule has 9 heteroatoms. The van der Waals surface area contributed by atoms with Crippen molar-refractivity contribution in [1.29, 1.82) is 0 Å². The number of ether oxygens (including phenoxy) is 1. The molecule has 28 heavy (non-hydrogen) atoms. The predicted octanol–water partition coefficient (Wildman–Crippen LogP) is 3.06. The van der Waals surface area contributed by atoms with Crippen molar-refractivity contribution >= 4 is 23.6 Å². The molecule has 1 aromatic heterocycles. The molecule has 0 saturated heterocycles. The summed E-state index contributed by atoms with van der Waals surface area (Å²) in [5.41, 5.74) is 1.16. The van der Waals surface area contributed by atoms with Gasteiger partial charge in [0.05, 0.1) is 11.9 Å². The molecule has 2 aromatic rings. The molecule has 150 valence electrons. The highest BCUT2D eigenvalue weighted by Gasteiger charge is 2.18. The largest absolute Gasteiger partial charge is 0.435 e. The molecule has 0 aliphatic heterocycles. The Morgan fingerprint density at radius 1 is 1.25 bits per heavy atom. The lowest BCUT2D eigenvalue weighted by atomic mass is 10.2. The van der Waals surface area contributed by atoms with Gasteiger partial charge in [-0.1, -0.05) is 26.0 Å². The molecule has 2 N–H and O–H groups in total. The maximum Gasteiger partial charge on any atom is 0.387 e. The van der Waals surface area contributed by atoms with E-state index in [1.54, 1.807) is 7.05 Å². The number of rotatable bonds is 8. The fourth-order valence-electron chi connectivity index (χ4n) is 2.29. The summed E-state index contributed by atoms with van der Waals surface area (Å²) in [6, 6.07) is 5.83. The molecule has 0 unspecified atom stereocenters. The lowest BCUT2D eigenvalue weighted by Gasteiger charge is -2.09. The van der Waals surface area contributed by atoms with E-state index in [9.17, 15) is 18.4 Å². The number of hydrogen-bond acceptors (Lipinski definition) is 4. The highest BCUT2D eigenvalue weighted by molar-refractivity contribution is 6.06. The average Bonchev–Trinajstić information content (AvgIpc) is 2.99. The van der Waals surface area contributed by atoms with Crippen LogP contribution in [0.25, 0.3) is 6.08 Å². The fourth-order valence-corrected chi connectivity index (χ4v) is 2.29. The van der Waals surface area contributed by atoms with Crippen molar-refractivity contribution in [1.82, 2.24) is 15.1 Å². The summed E-state index contributed by atoms with van der Waals surface area (Å²) in [4.78, 5) is 24.5. The summed E-state index contributed by atoms with van der Waals surface area (Å²) < 4.78 is 29.9. The number of aryl methyl sites for hydroxylation is 1. The number of alkyl halides is 2. The number of amides is 2. The first-order valence-corrected chi connectivity index (χ1v) is 8.60. The number of benzene rings is 1. The summed E-state index contributed by atoms with van der Waals surface area (Å²) >= 11 is 0. The lowest BCUT2D eigenvalue weighted by Crippen LogP contribution is -2.30. The van der Waals surface area contributed by atoms with E-state index >= 15 is 0 Å². The first kappa shape index (κ1) is 21.1. The summed E-state index contributed by atoms with van der Waals surface area (Å²) in [6.45, 7) is 1.56. The standard InChI is InChI=1S/C19H22F2N4O3/c1-12(2)10-22-18(27)17-15(11-23-25(17)3)24-16(26)9-6-13-4-7-14(8-5-13)28-19(20)21/h4-9,11-12,19H,10H2,1-3H3,(H,22,27)(H,24,26)/b9-6-. The highest BCUT2D eigenvalue weighted by atomic mass is 19.3. The van der Waals surface area contributed by atoms with E-state index in [1.807, 2.05) is 13.8 Å². The zero-order valence-electron chi connectivity index (χ0n) is 15.8. The Balaban J connectivity index is 2.01. The minimum absolute atomic E-state index is 0.0315. The normalized spacial score (nSPS) is 11.2. The SMILES string of the molecule is CC(C)CNC(=O)c1c(NC(=O)/C=C\c2ccc(OC(F)F)cc2)cnn1C. The number of carbonyl (C=O) groups excluding carboxylic acids is 2. The van der Waals surface area contributed by atoms with Gasteiger partial charge in [-0.3, -0.25) is 14.3 Å². The number of halogens is 2. The zero-order valence-corrected chi connectivity index (χ0v) is 15.8. The van der Waals surface area contributed by atoms with Crippen LogP contribution in [0.2, 0.25) is 0 Å². The van der Waals surface area contributed by atoms with Crippen molar-refractivity contribution in [2.75, 3.05) is 11.9 Å². The number of hydrogen-bond donors (Lipinski definition) is 2. The van der Waals surface area contributed by atoms with Crippen molar-refractivity contribution in [3.63, 3.8) is 0 Å². The second-order valence-corrected chi connectivity index (χ2v) is 6.40. The minimum Gasteiger partial charge on any atom is -0.435 e. The lowest BCUT2D eigenvalue weighted by molar-refractivity contribution is -0.111. The van der Waals surface area contributed by atoms with Gasteiger partial charge in [0, 0.05) is 19.7 Å². The first-order chi connectivity index (χ1) is 13.3. The van der Waals surface area contributed by atoms with Gasteiger partial charge in [0.15, 0.2) is 0 Å². The van der Waals surface area contributed by atoms with Crippen LogP contribution in [0.15, 0.2) is 36.5 Å². The van der Waals surface area contributed by atoms with E-state index in [0.717, 1.165) is 0 Å². The highest BCUT2D eigenvalue weighted by Crippen LogP contribution is 2.17. The van der Waals surface area contributed by atoms with Crippen LogP contribution in [0.4, 0.5) is 14.5 Å². The Morgan fingerprint density at radius 3 is 2.54 bits per heavy atom. The van der Waals surface area contributed by atoms with Crippen LogP contribution in [0.1, 0.15) is 29.9 Å². The van der Waals surface area contributed by atoms with E-state index in [4.69, 9.17) is 0 Å². The molecule has 0 atom stereocenters. The third-order valence-electron chi connectivity index (χ3n) is 3.62.